The van der Waals surface area contributed by atoms with Crippen LogP contribution in [0.1, 0.15) is 0 Å². The Bertz CT molecular complexity index is 3950. The van der Waals surface area contributed by atoms with Crippen molar-refractivity contribution in [3.05, 3.63) is 261 Å². The summed E-state index contributed by atoms with van der Waals surface area (Å²) in [6.07, 6.45) is 0. The van der Waals surface area contributed by atoms with Gasteiger partial charge in [0.05, 0.1) is 22.6 Å². The van der Waals surface area contributed by atoms with Gasteiger partial charge in [0.1, 0.15) is 0 Å². The summed E-state index contributed by atoms with van der Waals surface area (Å²) in [6.45, 7) is 0. The van der Waals surface area contributed by atoms with Crippen molar-refractivity contribution in [3.8, 4) is 89.7 Å². The first-order chi connectivity index (χ1) is 34.7. The summed E-state index contributed by atoms with van der Waals surface area (Å²) in [6, 6.07) is 93.0. The van der Waals surface area contributed by atoms with E-state index in [-0.39, 0.29) is 0 Å². The molecule has 3 nitrogen and oxygen atoms in total. The number of rotatable bonds is 8. The second-order valence-corrected chi connectivity index (χ2v) is 17.9. The van der Waals surface area contributed by atoms with E-state index in [1.807, 2.05) is 12.1 Å². The quantitative estimate of drug-likeness (QED) is 0.143. The van der Waals surface area contributed by atoms with E-state index in [4.69, 9.17) is 15.0 Å². The van der Waals surface area contributed by atoms with Gasteiger partial charge in [0, 0.05) is 38.4 Å². The van der Waals surface area contributed by atoms with E-state index in [1.54, 1.807) is 0 Å². The molecule has 11 aromatic carbocycles. The van der Waals surface area contributed by atoms with Gasteiger partial charge in [0.15, 0.2) is 5.82 Å². The Kier molecular flexibility index (Phi) is 10.2. The molecule has 0 spiro atoms. The zero-order valence-electron chi connectivity index (χ0n) is 38.2. The van der Waals surface area contributed by atoms with Gasteiger partial charge in [0.2, 0.25) is 0 Å². The van der Waals surface area contributed by atoms with Crippen LogP contribution in [0.5, 0.6) is 0 Å². The number of hydrogen-bond acceptors (Lipinski definition) is 3. The van der Waals surface area contributed by atoms with E-state index in [0.29, 0.717) is 5.82 Å². The highest BCUT2D eigenvalue weighted by atomic mass is 14.9. The van der Waals surface area contributed by atoms with Crippen LogP contribution in [0.4, 0.5) is 0 Å². The Labute approximate surface area is 406 Å². The second kappa shape index (κ2) is 17.4. The van der Waals surface area contributed by atoms with E-state index < -0.39 is 0 Å². The summed E-state index contributed by atoms with van der Waals surface area (Å²) in [7, 11) is 0. The van der Waals surface area contributed by atoms with Crippen LogP contribution in [-0.2, 0) is 0 Å². The van der Waals surface area contributed by atoms with Crippen molar-refractivity contribution in [1.29, 1.82) is 0 Å². The first-order valence-electron chi connectivity index (χ1n) is 23.8. The molecule has 0 aliphatic rings. The summed E-state index contributed by atoms with van der Waals surface area (Å²) in [4.78, 5) is 15.8. The molecule has 0 N–H and O–H groups in total. The van der Waals surface area contributed by atoms with Gasteiger partial charge < -0.3 is 0 Å². The standard InChI is InChI=1S/C67H43N3/c1-3-13-44(14-4-1)47-25-34-52(35-26-47)63-43-64(53-36-27-48(28-37-53)45-15-5-2-6-16-45)70-67(69-63)54-38-29-50(30-39-54)49-23-32-51(33-24-49)60-42-61-65(58-20-10-9-19-57(58)60)59-21-11-12-22-62(59)68-66(61)56-40-31-46-17-7-8-18-55(46)41-56/h1-43H. The third-order valence-corrected chi connectivity index (χ3v) is 13.7. The third-order valence-electron chi connectivity index (χ3n) is 13.7. The Morgan fingerprint density at radius 3 is 1.24 bits per heavy atom. The highest BCUT2D eigenvalue weighted by molar-refractivity contribution is 6.25. The molecule has 0 aliphatic heterocycles. The van der Waals surface area contributed by atoms with Crippen LogP contribution >= 0.6 is 0 Å². The normalized spacial score (nSPS) is 11.4. The van der Waals surface area contributed by atoms with Gasteiger partial charge in [-0.25, -0.2) is 15.0 Å². The molecule has 0 saturated heterocycles. The molecule has 0 saturated carbocycles. The highest BCUT2D eigenvalue weighted by Crippen LogP contribution is 2.43. The van der Waals surface area contributed by atoms with Gasteiger partial charge in [-0.2, -0.15) is 0 Å². The Morgan fingerprint density at radius 1 is 0.229 bits per heavy atom. The van der Waals surface area contributed by atoms with Gasteiger partial charge in [-0.3, -0.25) is 0 Å². The summed E-state index contributed by atoms with van der Waals surface area (Å²) in [5.41, 5.74) is 17.2. The van der Waals surface area contributed by atoms with Gasteiger partial charge >= 0.3 is 0 Å². The van der Waals surface area contributed by atoms with Gasteiger partial charge in [-0.15, -0.1) is 0 Å². The van der Waals surface area contributed by atoms with Crippen LogP contribution in [0.15, 0.2) is 261 Å². The molecule has 13 rings (SSSR count). The molecular weight excluding hydrogens is 847 g/mol. The molecule has 0 radical (unpaired) electrons. The van der Waals surface area contributed by atoms with Gasteiger partial charge in [-0.05, 0) is 90.3 Å². The molecule has 0 bridgehead atoms. The maximum atomic E-state index is 5.36. The van der Waals surface area contributed by atoms with Crippen LogP contribution < -0.4 is 0 Å². The van der Waals surface area contributed by atoms with Crippen LogP contribution in [-0.4, -0.2) is 15.0 Å². The van der Waals surface area contributed by atoms with E-state index in [1.165, 1.54) is 54.7 Å². The molecule has 2 heterocycles. The van der Waals surface area contributed by atoms with Crippen molar-refractivity contribution >= 4 is 43.2 Å². The van der Waals surface area contributed by atoms with E-state index in [9.17, 15) is 0 Å². The number of hydrogen-bond donors (Lipinski definition) is 0. The minimum Gasteiger partial charge on any atom is -0.247 e. The molecule has 0 atom stereocenters. The third kappa shape index (κ3) is 7.56. The fourth-order valence-corrected chi connectivity index (χ4v) is 10.1. The Hall–Kier alpha value is -9.31. The van der Waals surface area contributed by atoms with E-state index >= 15 is 0 Å². The maximum Gasteiger partial charge on any atom is 0.160 e. The molecule has 0 unspecified atom stereocenters. The zero-order valence-corrected chi connectivity index (χ0v) is 38.2. The van der Waals surface area contributed by atoms with Crippen molar-refractivity contribution in [3.63, 3.8) is 0 Å². The Morgan fingerprint density at radius 2 is 0.657 bits per heavy atom. The number of benzene rings is 11. The molecule has 326 valence electrons. The Balaban J connectivity index is 0.862. The fraction of sp³-hybridized carbons (Fsp3) is 0. The van der Waals surface area contributed by atoms with Crippen LogP contribution in [0.2, 0.25) is 0 Å². The van der Waals surface area contributed by atoms with Crippen LogP contribution in [0.3, 0.4) is 0 Å². The first-order valence-corrected chi connectivity index (χ1v) is 23.8. The average molecular weight is 890 g/mol. The monoisotopic (exact) mass is 889 g/mol. The second-order valence-electron chi connectivity index (χ2n) is 17.9. The number of pyridine rings is 1. The summed E-state index contributed by atoms with van der Waals surface area (Å²) in [5.74, 6) is 0.683. The van der Waals surface area contributed by atoms with Crippen LogP contribution in [0.25, 0.3) is 133 Å². The summed E-state index contributed by atoms with van der Waals surface area (Å²) < 4.78 is 0. The molecule has 2 aromatic heterocycles. The van der Waals surface area contributed by atoms with Gasteiger partial charge in [-0.1, -0.05) is 237 Å². The van der Waals surface area contributed by atoms with Crippen molar-refractivity contribution in [2.24, 2.45) is 0 Å². The molecule has 70 heavy (non-hydrogen) atoms. The molecule has 3 heteroatoms. The number of nitrogens with zero attached hydrogens (tertiary/aromatic N) is 3. The summed E-state index contributed by atoms with van der Waals surface area (Å²) in [5, 5.41) is 8.39. The zero-order chi connectivity index (χ0) is 46.4. The molecule has 0 aliphatic carbocycles. The predicted molar refractivity (Wildman–Crippen MR) is 293 cm³/mol. The molecule has 0 amide bonds. The largest absolute Gasteiger partial charge is 0.247 e. The molecular formula is C67H43N3. The average Bonchev–Trinajstić information content (AvgIpc) is 3.45. The first kappa shape index (κ1) is 40.9. The van der Waals surface area contributed by atoms with Crippen molar-refractivity contribution in [2.45, 2.75) is 0 Å². The summed E-state index contributed by atoms with van der Waals surface area (Å²) >= 11 is 0. The maximum absolute atomic E-state index is 5.36. The van der Waals surface area contributed by atoms with E-state index in [0.717, 1.165) is 72.3 Å². The van der Waals surface area contributed by atoms with E-state index in [2.05, 4.69) is 249 Å². The minimum atomic E-state index is 0.683. The lowest BCUT2D eigenvalue weighted by Gasteiger charge is -2.16. The van der Waals surface area contributed by atoms with Crippen molar-refractivity contribution in [2.75, 3.05) is 0 Å². The lowest BCUT2D eigenvalue weighted by molar-refractivity contribution is 1.18. The smallest absolute Gasteiger partial charge is 0.160 e. The number of para-hydroxylation sites is 1. The van der Waals surface area contributed by atoms with Crippen molar-refractivity contribution in [1.82, 2.24) is 15.0 Å². The van der Waals surface area contributed by atoms with Crippen LogP contribution in [0, 0.1) is 0 Å². The number of aromatic nitrogens is 3. The highest BCUT2D eigenvalue weighted by Gasteiger charge is 2.18. The fourth-order valence-electron chi connectivity index (χ4n) is 10.1. The predicted octanol–water partition coefficient (Wildman–Crippen LogP) is 17.8. The topological polar surface area (TPSA) is 38.7 Å². The lowest BCUT2D eigenvalue weighted by atomic mass is 9.89. The van der Waals surface area contributed by atoms with Crippen molar-refractivity contribution < 1.29 is 0 Å². The molecule has 0 fully saturated rings. The number of fused-ring (bicyclic) bond motifs is 6. The van der Waals surface area contributed by atoms with Gasteiger partial charge in [0.25, 0.3) is 0 Å². The molecule has 13 aromatic rings. The lowest BCUT2D eigenvalue weighted by Crippen LogP contribution is -1.96. The SMILES string of the molecule is c1ccc(-c2ccc(-c3cc(-c4ccc(-c5ccccc5)cc4)nc(-c4ccc(-c5ccc(-c6cc7c(-c8ccc9ccccc9c8)nc8ccccc8c7c7ccccc67)cc5)cc4)n3)cc2)cc1. The minimum absolute atomic E-state index is 0.683.